The molecule has 2 aromatic carbocycles. The second-order valence-corrected chi connectivity index (χ2v) is 5.95. The lowest BCUT2D eigenvalue weighted by Gasteiger charge is -2.13. The molecule has 23 heavy (non-hydrogen) atoms. The monoisotopic (exact) mass is 325 g/mol. The summed E-state index contributed by atoms with van der Waals surface area (Å²) in [4.78, 5) is -0.584. The minimum atomic E-state index is -4.85. The van der Waals surface area contributed by atoms with Gasteiger partial charge >= 0.3 is 0 Å². The average Bonchev–Trinajstić information content (AvgIpc) is 2.52. The predicted octanol–water partition coefficient (Wildman–Crippen LogP) is 1.14. The van der Waals surface area contributed by atoms with Gasteiger partial charge in [0.1, 0.15) is 33.5 Å². The smallest absolute Gasteiger partial charge is 0.143 e. The molecule has 0 fully saturated rings. The van der Waals surface area contributed by atoms with Crippen LogP contribution < -0.4 is 0 Å². The molecule has 112 valence electrons. The van der Waals surface area contributed by atoms with Gasteiger partial charge < -0.3 is 9.66 Å². The van der Waals surface area contributed by atoms with Crippen LogP contribution in [0.2, 0.25) is 0 Å². The van der Waals surface area contributed by atoms with Crippen LogP contribution in [0.5, 0.6) is 5.75 Å². The topological polar surface area (TPSA) is 151 Å². The molecule has 1 aromatic heterocycles. The molecule has 3 aromatic rings. The van der Waals surface area contributed by atoms with Gasteiger partial charge in [0.05, 0.1) is 21.5 Å². The van der Waals surface area contributed by atoms with Crippen LogP contribution in [-0.4, -0.2) is 28.3 Å². The first-order valence-electron chi connectivity index (χ1n) is 6.09. The number of nitrogens with zero attached hydrogens (tertiary/aromatic N) is 4. The quantitative estimate of drug-likeness (QED) is 0.516. The standard InChI is InChI=1S/C14H6N4O4S/c15-5-7-3-9-10(4-8(7)6-16)17-18-14-11(19)1-2-12(13(9)14)23(20,21)22/h1-4,19H,(H,20,21,22)/p-1. The fourth-order valence-electron chi connectivity index (χ4n) is 2.29. The maximum atomic E-state index is 11.5. The highest BCUT2D eigenvalue weighted by Crippen LogP contribution is 2.34. The molecule has 0 unspecified atom stereocenters. The molecule has 1 N–H and O–H groups in total. The summed E-state index contributed by atoms with van der Waals surface area (Å²) in [6, 6.07) is 8.15. The van der Waals surface area contributed by atoms with E-state index in [4.69, 9.17) is 10.5 Å². The van der Waals surface area contributed by atoms with Crippen molar-refractivity contribution in [2.45, 2.75) is 4.90 Å². The SMILES string of the molecule is N#Cc1cc2nnc3c(O)ccc(S(=O)(=O)[O-])c3c2cc1C#N. The van der Waals surface area contributed by atoms with Crippen molar-refractivity contribution < 1.29 is 18.1 Å². The van der Waals surface area contributed by atoms with Crippen LogP contribution in [0.15, 0.2) is 29.2 Å². The van der Waals surface area contributed by atoms with Gasteiger partial charge in [0.25, 0.3) is 0 Å². The molecular weight excluding hydrogens is 320 g/mol. The van der Waals surface area contributed by atoms with E-state index >= 15 is 0 Å². The number of phenolic OH excluding ortho intramolecular Hbond substituents is 1. The highest BCUT2D eigenvalue weighted by molar-refractivity contribution is 7.86. The van der Waals surface area contributed by atoms with Gasteiger partial charge in [0, 0.05) is 10.8 Å². The Bertz CT molecular complexity index is 1170. The molecule has 0 radical (unpaired) electrons. The van der Waals surface area contributed by atoms with Gasteiger partial charge in [-0.25, -0.2) is 8.42 Å². The molecule has 8 nitrogen and oxygen atoms in total. The number of hydrogen-bond acceptors (Lipinski definition) is 8. The zero-order valence-electron chi connectivity index (χ0n) is 11.2. The van der Waals surface area contributed by atoms with Crippen LogP contribution in [0.4, 0.5) is 0 Å². The van der Waals surface area contributed by atoms with Crippen LogP contribution in [-0.2, 0) is 10.1 Å². The van der Waals surface area contributed by atoms with Crippen molar-refractivity contribution in [1.82, 2.24) is 10.2 Å². The maximum Gasteiger partial charge on any atom is 0.143 e. The number of aromatic hydroxyl groups is 1. The van der Waals surface area contributed by atoms with Crippen LogP contribution in [0.3, 0.4) is 0 Å². The third kappa shape index (κ3) is 2.21. The fraction of sp³-hybridized carbons (Fsp3) is 0. The Morgan fingerprint density at radius 3 is 2.35 bits per heavy atom. The second kappa shape index (κ2) is 4.88. The normalized spacial score (nSPS) is 11.3. The first kappa shape index (κ1) is 14.7. The summed E-state index contributed by atoms with van der Waals surface area (Å²) in [6.45, 7) is 0. The van der Waals surface area contributed by atoms with E-state index in [2.05, 4.69) is 10.2 Å². The highest BCUT2D eigenvalue weighted by atomic mass is 32.2. The molecule has 0 spiro atoms. The molecule has 0 atom stereocenters. The van der Waals surface area contributed by atoms with Crippen molar-refractivity contribution in [2.24, 2.45) is 0 Å². The largest absolute Gasteiger partial charge is 0.744 e. The first-order valence-corrected chi connectivity index (χ1v) is 7.50. The Hall–Kier alpha value is -3.27. The third-order valence-electron chi connectivity index (χ3n) is 3.29. The number of nitriles is 2. The zero-order valence-corrected chi connectivity index (χ0v) is 12.0. The molecule has 0 saturated carbocycles. The number of fused-ring (bicyclic) bond motifs is 3. The Kier molecular flexibility index (Phi) is 3.11. The van der Waals surface area contributed by atoms with Crippen LogP contribution >= 0.6 is 0 Å². The minimum absolute atomic E-state index is 0.00751. The summed E-state index contributed by atoms with van der Waals surface area (Å²) >= 11 is 0. The van der Waals surface area contributed by atoms with Crippen LogP contribution in [0.1, 0.15) is 11.1 Å². The van der Waals surface area contributed by atoms with Crippen molar-refractivity contribution >= 4 is 31.9 Å². The molecule has 3 rings (SSSR count). The molecule has 0 aliphatic rings. The Morgan fingerprint density at radius 1 is 1.09 bits per heavy atom. The van der Waals surface area contributed by atoms with Crippen molar-refractivity contribution in [3.05, 3.63) is 35.4 Å². The van der Waals surface area contributed by atoms with E-state index in [0.717, 1.165) is 12.1 Å². The van der Waals surface area contributed by atoms with E-state index in [1.54, 1.807) is 0 Å². The summed E-state index contributed by atoms with van der Waals surface area (Å²) in [5, 5.41) is 35.5. The minimum Gasteiger partial charge on any atom is -0.744 e. The molecule has 0 aliphatic carbocycles. The Morgan fingerprint density at radius 2 is 1.74 bits per heavy atom. The van der Waals surface area contributed by atoms with E-state index < -0.39 is 15.0 Å². The summed E-state index contributed by atoms with van der Waals surface area (Å²) in [6.07, 6.45) is 0. The number of aromatic nitrogens is 2. The molecule has 1 heterocycles. The van der Waals surface area contributed by atoms with Crippen molar-refractivity contribution in [3.63, 3.8) is 0 Å². The van der Waals surface area contributed by atoms with Crippen molar-refractivity contribution in [3.8, 4) is 17.9 Å². The lowest BCUT2D eigenvalue weighted by atomic mass is 10.0. The van der Waals surface area contributed by atoms with Gasteiger partial charge in [0.2, 0.25) is 0 Å². The molecule has 0 bridgehead atoms. The predicted molar refractivity (Wildman–Crippen MR) is 76.1 cm³/mol. The first-order chi connectivity index (χ1) is 10.9. The molecule has 0 saturated heterocycles. The van der Waals surface area contributed by atoms with E-state index in [9.17, 15) is 18.1 Å². The Labute approximate surface area is 129 Å². The number of benzene rings is 2. The molecule has 9 heteroatoms. The highest BCUT2D eigenvalue weighted by Gasteiger charge is 2.17. The summed E-state index contributed by atoms with van der Waals surface area (Å²) in [5.74, 6) is -0.357. The number of rotatable bonds is 1. The summed E-state index contributed by atoms with van der Waals surface area (Å²) in [5.41, 5.74) is -0.0150. The number of hydrogen-bond donors (Lipinski definition) is 1. The van der Waals surface area contributed by atoms with Gasteiger partial charge in [-0.1, -0.05) is 0 Å². The molecule has 0 aliphatic heterocycles. The lowest BCUT2D eigenvalue weighted by Crippen LogP contribution is -2.02. The van der Waals surface area contributed by atoms with Gasteiger partial charge in [0.15, 0.2) is 0 Å². The van der Waals surface area contributed by atoms with E-state index in [1.165, 1.54) is 12.1 Å². The van der Waals surface area contributed by atoms with E-state index in [-0.39, 0.29) is 38.7 Å². The van der Waals surface area contributed by atoms with Gasteiger partial charge in [-0.05, 0) is 24.3 Å². The molecular formula is C14H5N4O4S-. The third-order valence-corrected chi connectivity index (χ3v) is 4.17. The fourth-order valence-corrected chi connectivity index (χ4v) is 2.98. The molecule has 0 amide bonds. The summed E-state index contributed by atoms with van der Waals surface area (Å²) in [7, 11) is -4.85. The van der Waals surface area contributed by atoms with Crippen LogP contribution in [0, 0.1) is 22.7 Å². The Balaban J connectivity index is 2.65. The van der Waals surface area contributed by atoms with Crippen LogP contribution in [0.25, 0.3) is 21.8 Å². The van der Waals surface area contributed by atoms with Gasteiger partial charge in [-0.3, -0.25) is 0 Å². The zero-order chi connectivity index (χ0) is 16.8. The van der Waals surface area contributed by atoms with Crippen molar-refractivity contribution in [1.29, 1.82) is 10.5 Å². The van der Waals surface area contributed by atoms with Gasteiger partial charge in [-0.15, -0.1) is 10.2 Å². The van der Waals surface area contributed by atoms with Crippen molar-refractivity contribution in [2.75, 3.05) is 0 Å². The number of phenols is 1. The summed E-state index contributed by atoms with van der Waals surface area (Å²) < 4.78 is 34.4. The van der Waals surface area contributed by atoms with E-state index in [0.29, 0.717) is 0 Å². The maximum absolute atomic E-state index is 11.5. The van der Waals surface area contributed by atoms with E-state index in [1.807, 2.05) is 12.1 Å². The second-order valence-electron chi connectivity index (χ2n) is 4.60. The lowest BCUT2D eigenvalue weighted by molar-refractivity contribution is 0.463. The van der Waals surface area contributed by atoms with Gasteiger partial charge in [-0.2, -0.15) is 10.5 Å². The average molecular weight is 325 g/mol.